The zero-order chi connectivity index (χ0) is 14.6. The smallest absolute Gasteiger partial charge is 0.313 e. The highest BCUT2D eigenvalue weighted by Crippen LogP contribution is 2.28. The monoisotopic (exact) mass is 276 g/mol. The second-order valence-electron chi connectivity index (χ2n) is 5.38. The zero-order valence-corrected chi connectivity index (χ0v) is 11.6. The van der Waals surface area contributed by atoms with Crippen molar-refractivity contribution in [2.75, 3.05) is 11.9 Å². The summed E-state index contributed by atoms with van der Waals surface area (Å²) in [5, 5.41) is 15.2. The van der Waals surface area contributed by atoms with Crippen LogP contribution in [0, 0.1) is 6.92 Å². The van der Waals surface area contributed by atoms with Crippen LogP contribution in [0.15, 0.2) is 24.3 Å². The van der Waals surface area contributed by atoms with Gasteiger partial charge in [0.1, 0.15) is 0 Å². The van der Waals surface area contributed by atoms with Crippen molar-refractivity contribution in [2.45, 2.75) is 38.2 Å². The SMILES string of the molecule is Cc1ccccc1NC(=O)C(=O)NCC1(O)CCCC1. The number of anilines is 1. The Kier molecular flexibility index (Phi) is 4.39. The summed E-state index contributed by atoms with van der Waals surface area (Å²) >= 11 is 0. The molecule has 0 radical (unpaired) electrons. The van der Waals surface area contributed by atoms with Crippen LogP contribution in [0.1, 0.15) is 31.2 Å². The summed E-state index contributed by atoms with van der Waals surface area (Å²) in [5.41, 5.74) is 0.661. The van der Waals surface area contributed by atoms with Gasteiger partial charge in [-0.05, 0) is 31.4 Å². The minimum atomic E-state index is -0.849. The van der Waals surface area contributed by atoms with Crippen LogP contribution in [0.4, 0.5) is 5.69 Å². The largest absolute Gasteiger partial charge is 0.388 e. The highest BCUT2D eigenvalue weighted by molar-refractivity contribution is 6.39. The van der Waals surface area contributed by atoms with Gasteiger partial charge in [-0.2, -0.15) is 0 Å². The lowest BCUT2D eigenvalue weighted by Gasteiger charge is -2.22. The molecule has 0 spiro atoms. The summed E-state index contributed by atoms with van der Waals surface area (Å²) in [6, 6.07) is 7.25. The Hall–Kier alpha value is -1.88. The summed E-state index contributed by atoms with van der Waals surface area (Å²) in [6.07, 6.45) is 3.27. The molecule has 1 fully saturated rings. The third-order valence-electron chi connectivity index (χ3n) is 3.71. The minimum Gasteiger partial charge on any atom is -0.388 e. The van der Waals surface area contributed by atoms with Crippen LogP contribution in [0.25, 0.3) is 0 Å². The van der Waals surface area contributed by atoms with E-state index in [1.165, 1.54) is 0 Å². The van der Waals surface area contributed by atoms with Gasteiger partial charge in [0.05, 0.1) is 5.60 Å². The van der Waals surface area contributed by atoms with E-state index in [0.29, 0.717) is 18.5 Å². The first-order valence-electron chi connectivity index (χ1n) is 6.87. The fourth-order valence-corrected chi connectivity index (χ4v) is 2.43. The van der Waals surface area contributed by atoms with Gasteiger partial charge in [0.25, 0.3) is 0 Å². The van der Waals surface area contributed by atoms with E-state index in [9.17, 15) is 14.7 Å². The van der Waals surface area contributed by atoms with Crippen molar-refractivity contribution < 1.29 is 14.7 Å². The summed E-state index contributed by atoms with van der Waals surface area (Å²) in [6.45, 7) is 1.99. The van der Waals surface area contributed by atoms with Gasteiger partial charge in [-0.25, -0.2) is 0 Å². The van der Waals surface area contributed by atoms with E-state index in [-0.39, 0.29) is 6.54 Å². The number of carbonyl (C=O) groups excluding carboxylic acids is 2. The van der Waals surface area contributed by atoms with E-state index in [2.05, 4.69) is 10.6 Å². The molecule has 3 N–H and O–H groups in total. The number of hydrogen-bond acceptors (Lipinski definition) is 3. The lowest BCUT2D eigenvalue weighted by molar-refractivity contribution is -0.136. The van der Waals surface area contributed by atoms with Crippen LogP contribution >= 0.6 is 0 Å². The molecule has 0 aromatic heterocycles. The first-order valence-corrected chi connectivity index (χ1v) is 6.87. The van der Waals surface area contributed by atoms with E-state index in [0.717, 1.165) is 18.4 Å². The molecule has 1 aliphatic rings. The molecule has 0 saturated heterocycles. The van der Waals surface area contributed by atoms with Gasteiger partial charge in [-0.15, -0.1) is 0 Å². The molecule has 2 amide bonds. The average Bonchev–Trinajstić information content (AvgIpc) is 2.86. The maximum atomic E-state index is 11.8. The molecule has 0 unspecified atom stereocenters. The number of aliphatic hydroxyl groups is 1. The van der Waals surface area contributed by atoms with Crippen LogP contribution < -0.4 is 10.6 Å². The number of benzene rings is 1. The zero-order valence-electron chi connectivity index (χ0n) is 11.6. The van der Waals surface area contributed by atoms with Crippen molar-refractivity contribution >= 4 is 17.5 Å². The number of rotatable bonds is 3. The van der Waals surface area contributed by atoms with Crippen LogP contribution in [0.5, 0.6) is 0 Å². The predicted molar refractivity (Wildman–Crippen MR) is 76.2 cm³/mol. The van der Waals surface area contributed by atoms with Gasteiger partial charge in [-0.1, -0.05) is 31.0 Å². The Morgan fingerprint density at radius 2 is 1.85 bits per heavy atom. The molecule has 5 nitrogen and oxygen atoms in total. The molecule has 0 heterocycles. The maximum absolute atomic E-state index is 11.8. The van der Waals surface area contributed by atoms with Crippen LogP contribution in [0.3, 0.4) is 0 Å². The van der Waals surface area contributed by atoms with Crippen LogP contribution in [0.2, 0.25) is 0 Å². The van der Waals surface area contributed by atoms with E-state index >= 15 is 0 Å². The lowest BCUT2D eigenvalue weighted by Crippen LogP contribution is -2.44. The third-order valence-corrected chi connectivity index (χ3v) is 3.71. The molecule has 1 aliphatic carbocycles. The molecule has 0 atom stereocenters. The topological polar surface area (TPSA) is 78.4 Å². The quantitative estimate of drug-likeness (QED) is 0.729. The van der Waals surface area contributed by atoms with Crippen molar-refractivity contribution in [3.8, 4) is 0 Å². The molecule has 20 heavy (non-hydrogen) atoms. The Morgan fingerprint density at radius 3 is 2.50 bits per heavy atom. The number of carbonyl (C=O) groups is 2. The van der Waals surface area contributed by atoms with E-state index in [1.54, 1.807) is 12.1 Å². The Balaban J connectivity index is 1.86. The van der Waals surface area contributed by atoms with E-state index in [4.69, 9.17) is 0 Å². The van der Waals surface area contributed by atoms with Gasteiger partial charge in [-0.3, -0.25) is 9.59 Å². The summed E-state index contributed by atoms with van der Waals surface area (Å²) in [7, 11) is 0. The summed E-state index contributed by atoms with van der Waals surface area (Å²) < 4.78 is 0. The van der Waals surface area contributed by atoms with Crippen molar-refractivity contribution in [1.82, 2.24) is 5.32 Å². The molecular formula is C15H20N2O3. The fourth-order valence-electron chi connectivity index (χ4n) is 2.43. The van der Waals surface area contributed by atoms with E-state index in [1.807, 2.05) is 19.1 Å². The van der Waals surface area contributed by atoms with Gasteiger partial charge in [0.15, 0.2) is 0 Å². The van der Waals surface area contributed by atoms with Gasteiger partial charge >= 0.3 is 11.8 Å². The summed E-state index contributed by atoms with van der Waals surface area (Å²) in [5.74, 6) is -1.42. The lowest BCUT2D eigenvalue weighted by atomic mass is 10.0. The highest BCUT2D eigenvalue weighted by Gasteiger charge is 2.32. The Bertz CT molecular complexity index is 508. The normalized spacial score (nSPS) is 16.7. The molecular weight excluding hydrogens is 256 g/mol. The number of nitrogens with one attached hydrogen (secondary N) is 2. The highest BCUT2D eigenvalue weighted by atomic mass is 16.3. The van der Waals surface area contributed by atoms with E-state index < -0.39 is 17.4 Å². The van der Waals surface area contributed by atoms with Gasteiger partial charge < -0.3 is 15.7 Å². The number of para-hydroxylation sites is 1. The molecule has 0 bridgehead atoms. The molecule has 2 rings (SSSR count). The predicted octanol–water partition coefficient (Wildman–Crippen LogP) is 1.35. The second-order valence-corrected chi connectivity index (χ2v) is 5.38. The first kappa shape index (κ1) is 14.5. The molecule has 1 aromatic rings. The van der Waals surface area contributed by atoms with Gasteiger partial charge in [0, 0.05) is 12.2 Å². The van der Waals surface area contributed by atoms with Crippen molar-refractivity contribution in [1.29, 1.82) is 0 Å². The first-order chi connectivity index (χ1) is 9.50. The van der Waals surface area contributed by atoms with Crippen molar-refractivity contribution in [3.05, 3.63) is 29.8 Å². The van der Waals surface area contributed by atoms with Crippen LogP contribution in [-0.4, -0.2) is 29.1 Å². The molecule has 1 saturated carbocycles. The standard InChI is InChI=1S/C15H20N2O3/c1-11-6-2-3-7-12(11)17-14(19)13(18)16-10-15(20)8-4-5-9-15/h2-3,6-7,20H,4-5,8-10H2,1H3,(H,16,18)(H,17,19). The number of aryl methyl sites for hydroxylation is 1. The minimum absolute atomic E-state index is 0.132. The summed E-state index contributed by atoms with van der Waals surface area (Å²) in [4.78, 5) is 23.5. The molecule has 1 aromatic carbocycles. The van der Waals surface area contributed by atoms with Crippen LogP contribution in [-0.2, 0) is 9.59 Å². The molecule has 0 aliphatic heterocycles. The molecule has 108 valence electrons. The number of hydrogen-bond donors (Lipinski definition) is 3. The Labute approximate surface area is 118 Å². The van der Waals surface area contributed by atoms with Crippen molar-refractivity contribution in [2.24, 2.45) is 0 Å². The van der Waals surface area contributed by atoms with Crippen molar-refractivity contribution in [3.63, 3.8) is 0 Å². The third kappa shape index (κ3) is 3.57. The maximum Gasteiger partial charge on any atom is 0.313 e. The fraction of sp³-hybridized carbons (Fsp3) is 0.467. The Morgan fingerprint density at radius 1 is 1.20 bits per heavy atom. The number of amides is 2. The van der Waals surface area contributed by atoms with Gasteiger partial charge in [0.2, 0.25) is 0 Å². The average molecular weight is 276 g/mol. The second kappa shape index (κ2) is 6.05. The molecule has 5 heteroatoms.